The van der Waals surface area contributed by atoms with Crippen LogP contribution in [0.15, 0.2) is 53.4 Å². The highest BCUT2D eigenvalue weighted by Gasteiger charge is 2.30. The number of aryl methyl sites for hydroxylation is 2. The molecule has 6 heteroatoms. The molecule has 156 valence electrons. The van der Waals surface area contributed by atoms with E-state index in [9.17, 15) is 13.2 Å². The highest BCUT2D eigenvalue weighted by molar-refractivity contribution is 7.89. The van der Waals surface area contributed by atoms with Crippen molar-refractivity contribution in [1.82, 2.24) is 9.21 Å². The van der Waals surface area contributed by atoms with Gasteiger partial charge in [-0.2, -0.15) is 4.31 Å². The number of nitrogens with zero attached hydrogens (tertiary/aromatic N) is 2. The molecule has 29 heavy (non-hydrogen) atoms. The number of likely N-dealkylation sites (tertiary alicyclic amines) is 1. The lowest BCUT2D eigenvalue weighted by Crippen LogP contribution is -2.43. The fourth-order valence-corrected chi connectivity index (χ4v) is 5.40. The number of hydrogen-bond acceptors (Lipinski definition) is 3. The van der Waals surface area contributed by atoms with Crippen LogP contribution in [0, 0.1) is 13.8 Å². The van der Waals surface area contributed by atoms with Gasteiger partial charge in [-0.15, -0.1) is 0 Å². The molecule has 1 amide bonds. The molecule has 5 nitrogen and oxygen atoms in total. The molecule has 3 rings (SSSR count). The Morgan fingerprint density at radius 2 is 1.62 bits per heavy atom. The van der Waals surface area contributed by atoms with Gasteiger partial charge in [0.2, 0.25) is 15.9 Å². The van der Waals surface area contributed by atoms with Crippen LogP contribution in [-0.4, -0.2) is 43.2 Å². The standard InChI is InChI=1S/C23H30N2O3S/c1-19-12-13-20(2)22(16-19)29(27,28)25(17-21-10-6-5-7-11-21)18-23(26)24-14-8-3-4-9-15-24/h5-7,10-13,16H,3-4,8-9,14-15,17-18H2,1-2H3. The average Bonchev–Trinajstić information content (AvgIpc) is 2.99. The molecule has 0 bridgehead atoms. The second kappa shape index (κ2) is 9.55. The highest BCUT2D eigenvalue weighted by atomic mass is 32.2. The van der Waals surface area contributed by atoms with Crippen LogP contribution in [0.1, 0.15) is 42.4 Å². The maximum atomic E-state index is 13.6. The lowest BCUT2D eigenvalue weighted by molar-refractivity contribution is -0.131. The zero-order valence-corrected chi connectivity index (χ0v) is 18.1. The van der Waals surface area contributed by atoms with Crippen LogP contribution in [-0.2, 0) is 21.4 Å². The van der Waals surface area contributed by atoms with Crippen molar-refractivity contribution in [2.45, 2.75) is 51.0 Å². The van der Waals surface area contributed by atoms with Crippen LogP contribution in [0.3, 0.4) is 0 Å². The van der Waals surface area contributed by atoms with Crippen molar-refractivity contribution >= 4 is 15.9 Å². The van der Waals surface area contributed by atoms with E-state index in [2.05, 4.69) is 0 Å². The number of benzene rings is 2. The highest BCUT2D eigenvalue weighted by Crippen LogP contribution is 2.23. The quantitative estimate of drug-likeness (QED) is 0.720. The number of carbonyl (C=O) groups is 1. The van der Waals surface area contributed by atoms with E-state index in [0.29, 0.717) is 18.7 Å². The van der Waals surface area contributed by atoms with Gasteiger partial charge in [0.1, 0.15) is 0 Å². The topological polar surface area (TPSA) is 57.7 Å². The van der Waals surface area contributed by atoms with E-state index in [4.69, 9.17) is 0 Å². The molecule has 0 atom stereocenters. The molecule has 0 unspecified atom stereocenters. The summed E-state index contributed by atoms with van der Waals surface area (Å²) in [6.07, 6.45) is 4.21. The molecule has 0 saturated carbocycles. The Kier molecular flexibility index (Phi) is 7.09. The fourth-order valence-electron chi connectivity index (χ4n) is 3.71. The summed E-state index contributed by atoms with van der Waals surface area (Å²) in [5.41, 5.74) is 2.44. The van der Waals surface area contributed by atoms with Gasteiger partial charge in [-0.1, -0.05) is 55.3 Å². The third kappa shape index (κ3) is 5.46. The van der Waals surface area contributed by atoms with E-state index in [0.717, 1.165) is 36.8 Å². The Bertz CT molecular complexity index is 934. The normalized spacial score (nSPS) is 15.3. The van der Waals surface area contributed by atoms with E-state index in [1.807, 2.05) is 54.3 Å². The van der Waals surface area contributed by atoms with Gasteiger partial charge < -0.3 is 4.90 Å². The zero-order chi connectivity index (χ0) is 20.9. The Morgan fingerprint density at radius 1 is 0.966 bits per heavy atom. The summed E-state index contributed by atoms with van der Waals surface area (Å²) < 4.78 is 28.4. The summed E-state index contributed by atoms with van der Waals surface area (Å²) in [5, 5.41) is 0. The summed E-state index contributed by atoms with van der Waals surface area (Å²) in [6, 6.07) is 14.9. The first-order chi connectivity index (χ1) is 13.9. The summed E-state index contributed by atoms with van der Waals surface area (Å²) in [6.45, 7) is 5.13. The Labute approximate surface area is 174 Å². The van der Waals surface area contributed by atoms with Crippen LogP contribution >= 0.6 is 0 Å². The van der Waals surface area contributed by atoms with Gasteiger partial charge in [0.25, 0.3) is 0 Å². The van der Waals surface area contributed by atoms with E-state index < -0.39 is 10.0 Å². The number of amides is 1. The Balaban J connectivity index is 1.91. The number of hydrogen-bond donors (Lipinski definition) is 0. The van der Waals surface area contributed by atoms with Crippen LogP contribution in [0.25, 0.3) is 0 Å². The molecule has 2 aromatic carbocycles. The molecule has 2 aromatic rings. The lowest BCUT2D eigenvalue weighted by atomic mass is 10.2. The van der Waals surface area contributed by atoms with Crippen molar-refractivity contribution in [2.24, 2.45) is 0 Å². The summed E-state index contributed by atoms with van der Waals surface area (Å²) in [4.78, 5) is 15.1. The number of sulfonamides is 1. The molecule has 0 aliphatic carbocycles. The second-order valence-electron chi connectivity index (χ2n) is 7.82. The summed E-state index contributed by atoms with van der Waals surface area (Å²) in [7, 11) is -3.81. The lowest BCUT2D eigenvalue weighted by Gasteiger charge is -2.27. The van der Waals surface area contributed by atoms with Gasteiger partial charge in [0, 0.05) is 19.6 Å². The molecule has 1 heterocycles. The van der Waals surface area contributed by atoms with Gasteiger partial charge in [-0.25, -0.2) is 8.42 Å². The predicted molar refractivity (Wildman–Crippen MR) is 115 cm³/mol. The Hall–Kier alpha value is -2.18. The molecule has 1 fully saturated rings. The first-order valence-corrected chi connectivity index (χ1v) is 11.7. The van der Waals surface area contributed by atoms with E-state index in [-0.39, 0.29) is 23.9 Å². The average molecular weight is 415 g/mol. The molecule has 0 radical (unpaired) electrons. The third-order valence-electron chi connectivity index (χ3n) is 5.43. The molecule has 0 spiro atoms. The number of carbonyl (C=O) groups excluding carboxylic acids is 1. The first kappa shape index (κ1) is 21.5. The largest absolute Gasteiger partial charge is 0.342 e. The molecule has 1 aliphatic rings. The van der Waals surface area contributed by atoms with Crippen molar-refractivity contribution in [3.05, 3.63) is 65.2 Å². The van der Waals surface area contributed by atoms with Crippen LogP contribution < -0.4 is 0 Å². The minimum atomic E-state index is -3.81. The zero-order valence-electron chi connectivity index (χ0n) is 17.3. The van der Waals surface area contributed by atoms with E-state index in [1.54, 1.807) is 13.0 Å². The maximum Gasteiger partial charge on any atom is 0.244 e. The van der Waals surface area contributed by atoms with Crippen molar-refractivity contribution in [3.63, 3.8) is 0 Å². The Morgan fingerprint density at radius 3 is 2.28 bits per heavy atom. The van der Waals surface area contributed by atoms with Crippen LogP contribution in [0.5, 0.6) is 0 Å². The molecule has 0 N–H and O–H groups in total. The van der Waals surface area contributed by atoms with Crippen LogP contribution in [0.4, 0.5) is 0 Å². The van der Waals surface area contributed by atoms with Crippen molar-refractivity contribution in [3.8, 4) is 0 Å². The van der Waals surface area contributed by atoms with E-state index in [1.165, 1.54) is 4.31 Å². The van der Waals surface area contributed by atoms with Crippen molar-refractivity contribution < 1.29 is 13.2 Å². The summed E-state index contributed by atoms with van der Waals surface area (Å²) in [5.74, 6) is -0.114. The fraction of sp³-hybridized carbons (Fsp3) is 0.435. The second-order valence-corrected chi connectivity index (χ2v) is 9.73. The smallest absolute Gasteiger partial charge is 0.244 e. The predicted octanol–water partition coefficient (Wildman–Crippen LogP) is 3.90. The molecular formula is C23H30N2O3S. The van der Waals surface area contributed by atoms with Gasteiger partial charge in [-0.05, 0) is 49.4 Å². The summed E-state index contributed by atoms with van der Waals surface area (Å²) >= 11 is 0. The molecule has 0 aromatic heterocycles. The van der Waals surface area contributed by atoms with Gasteiger partial charge in [-0.3, -0.25) is 4.79 Å². The first-order valence-electron chi connectivity index (χ1n) is 10.3. The molecule has 1 aliphatic heterocycles. The van der Waals surface area contributed by atoms with Gasteiger partial charge in [0.15, 0.2) is 0 Å². The van der Waals surface area contributed by atoms with Gasteiger partial charge >= 0.3 is 0 Å². The van der Waals surface area contributed by atoms with Crippen molar-refractivity contribution in [2.75, 3.05) is 19.6 Å². The maximum absolute atomic E-state index is 13.6. The van der Waals surface area contributed by atoms with Crippen molar-refractivity contribution in [1.29, 1.82) is 0 Å². The minimum absolute atomic E-state index is 0.114. The monoisotopic (exact) mass is 414 g/mol. The van der Waals surface area contributed by atoms with E-state index >= 15 is 0 Å². The molecular weight excluding hydrogens is 384 g/mol. The van der Waals surface area contributed by atoms with Gasteiger partial charge in [0.05, 0.1) is 11.4 Å². The third-order valence-corrected chi connectivity index (χ3v) is 7.37. The SMILES string of the molecule is Cc1ccc(C)c(S(=O)(=O)N(CC(=O)N2CCCCCC2)Cc2ccccc2)c1. The minimum Gasteiger partial charge on any atom is -0.342 e. The molecule has 1 saturated heterocycles. The number of rotatable bonds is 6. The van der Waals surface area contributed by atoms with Crippen LogP contribution in [0.2, 0.25) is 0 Å².